The van der Waals surface area contributed by atoms with Crippen molar-refractivity contribution < 1.29 is 37.6 Å². The van der Waals surface area contributed by atoms with Crippen molar-refractivity contribution in [2.75, 3.05) is 0 Å². The van der Waals surface area contributed by atoms with Gasteiger partial charge in [-0.2, -0.15) is 17.9 Å². The van der Waals surface area contributed by atoms with Crippen molar-refractivity contribution in [3.63, 3.8) is 0 Å². The van der Waals surface area contributed by atoms with E-state index >= 15 is 0 Å². The van der Waals surface area contributed by atoms with Crippen LogP contribution in [0.15, 0.2) is 59.1 Å². The number of rotatable bonds is 4. The highest BCUT2D eigenvalue weighted by Gasteiger charge is 2.40. The number of hydrogen-bond acceptors (Lipinski definition) is 7. The summed E-state index contributed by atoms with van der Waals surface area (Å²) in [7, 11) is 0. The van der Waals surface area contributed by atoms with Crippen LogP contribution in [0.2, 0.25) is 0 Å². The lowest BCUT2D eigenvalue weighted by Crippen LogP contribution is -2.35. The number of alkyl halides is 3. The van der Waals surface area contributed by atoms with Gasteiger partial charge in [0.15, 0.2) is 17.2 Å². The van der Waals surface area contributed by atoms with Crippen LogP contribution in [0.25, 0.3) is 33.8 Å². The smallest absolute Gasteiger partial charge is 0.417 e. The van der Waals surface area contributed by atoms with E-state index in [1.165, 1.54) is 19.1 Å². The van der Waals surface area contributed by atoms with Crippen molar-refractivity contribution in [1.29, 1.82) is 0 Å². The van der Waals surface area contributed by atoms with Crippen molar-refractivity contribution in [2.24, 2.45) is 0 Å². The summed E-state index contributed by atoms with van der Waals surface area (Å²) in [6.45, 7) is 1.24. The normalized spacial score (nSPS) is 11.5. The van der Waals surface area contributed by atoms with E-state index in [4.69, 9.17) is 4.52 Å². The van der Waals surface area contributed by atoms with E-state index in [9.17, 15) is 38.7 Å². The van der Waals surface area contributed by atoms with Gasteiger partial charge >= 0.3 is 11.9 Å². The summed E-state index contributed by atoms with van der Waals surface area (Å²) in [6.07, 6.45) is -4.86. The molecule has 12 heteroatoms. The molecule has 2 aromatic heterocycles. The maximum atomic E-state index is 14.0. The Morgan fingerprint density at radius 3 is 2.35 bits per heavy atom. The SMILES string of the molecule is Cc1cc(C(F)(F)F)c(-c2cc(-c3cc(O)c(O)c([N+](=O)[O-])c3)no2)c(-c2ccccc2)[n+]1[O-]. The minimum Gasteiger partial charge on any atom is -0.618 e. The highest BCUT2D eigenvalue weighted by atomic mass is 19.4. The second-order valence-corrected chi connectivity index (χ2v) is 7.28. The summed E-state index contributed by atoms with van der Waals surface area (Å²) in [6, 6.07) is 11.2. The zero-order valence-corrected chi connectivity index (χ0v) is 17.2. The van der Waals surface area contributed by atoms with Gasteiger partial charge in [0, 0.05) is 36.2 Å². The maximum Gasteiger partial charge on any atom is 0.417 e. The number of phenolic OH excluding ortho intramolecular Hbond substituents is 2. The number of nitro groups is 1. The van der Waals surface area contributed by atoms with Crippen LogP contribution in [0.5, 0.6) is 11.5 Å². The fourth-order valence-corrected chi connectivity index (χ4v) is 3.50. The molecule has 34 heavy (non-hydrogen) atoms. The number of nitro benzene ring substituents is 1. The lowest BCUT2D eigenvalue weighted by molar-refractivity contribution is -0.600. The summed E-state index contributed by atoms with van der Waals surface area (Å²) >= 11 is 0. The molecular weight excluding hydrogens is 459 g/mol. The lowest BCUT2D eigenvalue weighted by Gasteiger charge is -2.16. The Morgan fingerprint density at radius 2 is 1.74 bits per heavy atom. The molecule has 4 rings (SSSR count). The van der Waals surface area contributed by atoms with Crippen LogP contribution in [0.4, 0.5) is 18.9 Å². The molecule has 0 aliphatic carbocycles. The molecule has 174 valence electrons. The predicted octanol–water partition coefficient (Wildman–Crippen LogP) is 4.96. The maximum absolute atomic E-state index is 14.0. The molecule has 2 N–H and O–H groups in total. The van der Waals surface area contributed by atoms with E-state index in [0.717, 1.165) is 18.2 Å². The van der Waals surface area contributed by atoms with Gasteiger partial charge in [0.05, 0.1) is 10.5 Å². The van der Waals surface area contributed by atoms with Gasteiger partial charge in [-0.15, -0.1) is 0 Å². The van der Waals surface area contributed by atoms with Gasteiger partial charge in [-0.1, -0.05) is 23.4 Å². The second kappa shape index (κ2) is 8.06. The first-order valence-electron chi connectivity index (χ1n) is 9.56. The molecule has 0 aliphatic rings. The number of aromatic hydroxyl groups is 2. The molecule has 2 aromatic carbocycles. The predicted molar refractivity (Wildman–Crippen MR) is 111 cm³/mol. The third kappa shape index (κ3) is 3.85. The number of hydrogen-bond donors (Lipinski definition) is 2. The topological polar surface area (TPSA) is 137 Å². The molecule has 9 nitrogen and oxygen atoms in total. The number of aryl methyl sites for hydroxylation is 1. The van der Waals surface area contributed by atoms with Crippen molar-refractivity contribution in [3.8, 4) is 45.3 Å². The zero-order valence-electron chi connectivity index (χ0n) is 17.2. The van der Waals surface area contributed by atoms with Gasteiger partial charge in [-0.3, -0.25) is 10.1 Å². The Labute approximate surface area is 188 Å². The van der Waals surface area contributed by atoms with Crippen LogP contribution < -0.4 is 4.73 Å². The van der Waals surface area contributed by atoms with Gasteiger partial charge in [0.1, 0.15) is 11.3 Å². The van der Waals surface area contributed by atoms with Crippen molar-refractivity contribution >= 4 is 5.69 Å². The standard InChI is InChI=1S/C22H14F3N3O6/c1-11-7-14(22(23,24)25)19(20(27(11)31)12-5-3-2-4-6-12)18-10-15(26-34-18)13-8-16(28(32)33)21(30)17(29)9-13/h2-10,29-30H,1H3. The van der Waals surface area contributed by atoms with Gasteiger partial charge in [-0.05, 0) is 18.2 Å². The lowest BCUT2D eigenvalue weighted by atomic mass is 9.96. The molecule has 0 amide bonds. The number of benzene rings is 2. The van der Waals surface area contributed by atoms with E-state index in [1.807, 2.05) is 0 Å². The number of nitrogens with zero attached hydrogens (tertiary/aromatic N) is 3. The molecule has 0 saturated carbocycles. The Morgan fingerprint density at radius 1 is 1.06 bits per heavy atom. The number of aromatic nitrogens is 2. The largest absolute Gasteiger partial charge is 0.618 e. The monoisotopic (exact) mass is 473 g/mol. The highest BCUT2D eigenvalue weighted by molar-refractivity contribution is 5.81. The van der Waals surface area contributed by atoms with Gasteiger partial charge in [0.25, 0.3) is 0 Å². The molecule has 0 spiro atoms. The van der Waals surface area contributed by atoms with E-state index in [-0.39, 0.29) is 28.2 Å². The average Bonchev–Trinajstić information content (AvgIpc) is 3.26. The first-order valence-corrected chi connectivity index (χ1v) is 9.56. The summed E-state index contributed by atoms with van der Waals surface area (Å²) in [4.78, 5) is 10.2. The minimum absolute atomic E-state index is 0.103. The third-order valence-corrected chi connectivity index (χ3v) is 5.05. The second-order valence-electron chi connectivity index (χ2n) is 7.28. The molecular formula is C22H14F3N3O6. The molecule has 0 aliphatic heterocycles. The zero-order chi connectivity index (χ0) is 24.8. The summed E-state index contributed by atoms with van der Waals surface area (Å²) < 4.78 is 47.5. The van der Waals surface area contributed by atoms with Crippen LogP contribution >= 0.6 is 0 Å². The summed E-state index contributed by atoms with van der Waals surface area (Å²) in [5.74, 6) is -2.24. The van der Waals surface area contributed by atoms with Crippen molar-refractivity contribution in [1.82, 2.24) is 5.16 Å². The van der Waals surface area contributed by atoms with Crippen LogP contribution in [-0.4, -0.2) is 20.3 Å². The van der Waals surface area contributed by atoms with E-state index in [1.54, 1.807) is 18.2 Å². The molecule has 0 radical (unpaired) electrons. The Hall–Kier alpha value is -4.61. The Bertz CT molecular complexity index is 1420. The first-order chi connectivity index (χ1) is 16.0. The molecule has 0 fully saturated rings. The average molecular weight is 473 g/mol. The number of halogens is 3. The van der Waals surface area contributed by atoms with Crippen LogP contribution in [0.1, 0.15) is 11.3 Å². The van der Waals surface area contributed by atoms with Gasteiger partial charge in [-0.25, -0.2) is 0 Å². The van der Waals surface area contributed by atoms with Gasteiger partial charge < -0.3 is 19.9 Å². The van der Waals surface area contributed by atoms with Crippen molar-refractivity contribution in [3.05, 3.63) is 81.2 Å². The van der Waals surface area contributed by atoms with Gasteiger partial charge in [0.2, 0.25) is 11.4 Å². The third-order valence-electron chi connectivity index (χ3n) is 5.05. The fraction of sp³-hybridized carbons (Fsp3) is 0.0909. The van der Waals surface area contributed by atoms with Crippen LogP contribution in [0.3, 0.4) is 0 Å². The van der Waals surface area contributed by atoms with Crippen LogP contribution in [-0.2, 0) is 6.18 Å². The summed E-state index contributed by atoms with van der Waals surface area (Å²) in [5, 5.41) is 47.2. The van der Waals surface area contributed by atoms with E-state index in [2.05, 4.69) is 5.16 Å². The Kier molecular flexibility index (Phi) is 5.36. The highest BCUT2D eigenvalue weighted by Crippen LogP contribution is 2.44. The Balaban J connectivity index is 1.99. The quantitative estimate of drug-likeness (QED) is 0.141. The molecule has 0 atom stereocenters. The minimum atomic E-state index is -4.86. The van der Waals surface area contributed by atoms with Crippen LogP contribution in [0, 0.1) is 22.2 Å². The fourth-order valence-electron chi connectivity index (χ4n) is 3.50. The van der Waals surface area contributed by atoms with E-state index < -0.39 is 45.2 Å². The number of pyridine rings is 1. The van der Waals surface area contributed by atoms with Crippen molar-refractivity contribution in [2.45, 2.75) is 13.1 Å². The number of phenols is 2. The first kappa shape index (κ1) is 22.6. The molecule has 2 heterocycles. The molecule has 4 aromatic rings. The molecule has 0 unspecified atom stereocenters. The summed E-state index contributed by atoms with van der Waals surface area (Å²) in [5.41, 5.74) is -3.16. The molecule has 0 bridgehead atoms. The molecule has 0 saturated heterocycles. The van der Waals surface area contributed by atoms with E-state index in [0.29, 0.717) is 10.8 Å².